The van der Waals surface area contributed by atoms with Crippen LogP contribution in [0, 0.1) is 5.82 Å². The number of aromatic nitrogens is 2. The molecule has 3 N–H and O–H groups in total. The van der Waals surface area contributed by atoms with Crippen molar-refractivity contribution < 1.29 is 9.50 Å². The van der Waals surface area contributed by atoms with Crippen molar-refractivity contribution in [3.8, 4) is 17.0 Å². The molecular formula is C10H7FN2O3. The molecule has 0 saturated carbocycles. The fourth-order valence-electron chi connectivity index (χ4n) is 1.39. The number of rotatable bonds is 1. The van der Waals surface area contributed by atoms with Crippen LogP contribution < -0.4 is 11.2 Å². The van der Waals surface area contributed by atoms with Crippen LogP contribution in [0.3, 0.4) is 0 Å². The summed E-state index contributed by atoms with van der Waals surface area (Å²) in [6.45, 7) is 0. The Morgan fingerprint density at radius 2 is 1.81 bits per heavy atom. The molecule has 2 aromatic rings. The molecule has 6 heteroatoms. The minimum Gasteiger partial charge on any atom is -0.494 e. The van der Waals surface area contributed by atoms with Crippen molar-refractivity contribution in [3.05, 3.63) is 50.9 Å². The third-order valence-electron chi connectivity index (χ3n) is 2.07. The van der Waals surface area contributed by atoms with Crippen LogP contribution in [-0.4, -0.2) is 15.1 Å². The maximum atomic E-state index is 13.4. The first kappa shape index (κ1) is 10.2. The van der Waals surface area contributed by atoms with Gasteiger partial charge in [-0.1, -0.05) is 18.2 Å². The molecule has 1 heterocycles. The highest BCUT2D eigenvalue weighted by atomic mass is 19.1. The molecular weight excluding hydrogens is 215 g/mol. The number of benzene rings is 1. The summed E-state index contributed by atoms with van der Waals surface area (Å²) in [6.07, 6.45) is 0. The van der Waals surface area contributed by atoms with E-state index < -0.39 is 22.9 Å². The van der Waals surface area contributed by atoms with Crippen molar-refractivity contribution in [2.24, 2.45) is 0 Å². The molecule has 0 saturated heterocycles. The van der Waals surface area contributed by atoms with E-state index in [-0.39, 0.29) is 11.1 Å². The van der Waals surface area contributed by atoms with Gasteiger partial charge in [0.25, 0.3) is 5.56 Å². The zero-order valence-corrected chi connectivity index (χ0v) is 7.95. The summed E-state index contributed by atoms with van der Waals surface area (Å²) in [6, 6.07) is 5.45. The average Bonchev–Trinajstić information content (AvgIpc) is 2.19. The summed E-state index contributed by atoms with van der Waals surface area (Å²) in [5.74, 6) is -1.31. The van der Waals surface area contributed by atoms with Gasteiger partial charge in [0.1, 0.15) is 11.4 Å². The fraction of sp³-hybridized carbons (Fsp3) is 0. The largest absolute Gasteiger partial charge is 0.494 e. The Labute approximate surface area is 88.2 Å². The zero-order chi connectivity index (χ0) is 11.7. The van der Waals surface area contributed by atoms with Crippen molar-refractivity contribution in [3.63, 3.8) is 0 Å². The van der Waals surface area contributed by atoms with Crippen molar-refractivity contribution in [2.75, 3.05) is 0 Å². The summed E-state index contributed by atoms with van der Waals surface area (Å²) in [7, 11) is 0. The number of hydrogen-bond donors (Lipinski definition) is 3. The highest BCUT2D eigenvalue weighted by Gasteiger charge is 2.14. The van der Waals surface area contributed by atoms with Gasteiger partial charge in [-0.2, -0.15) is 0 Å². The second-order valence-corrected chi connectivity index (χ2v) is 3.11. The number of hydrogen-bond acceptors (Lipinski definition) is 3. The van der Waals surface area contributed by atoms with Crippen molar-refractivity contribution in [2.45, 2.75) is 0 Å². The lowest BCUT2D eigenvalue weighted by Crippen LogP contribution is -2.23. The maximum absolute atomic E-state index is 13.4. The fourth-order valence-corrected chi connectivity index (χ4v) is 1.39. The van der Waals surface area contributed by atoms with Crippen molar-refractivity contribution >= 4 is 0 Å². The van der Waals surface area contributed by atoms with Gasteiger partial charge < -0.3 is 5.11 Å². The molecule has 0 bridgehead atoms. The highest BCUT2D eigenvalue weighted by molar-refractivity contribution is 5.67. The second kappa shape index (κ2) is 3.65. The lowest BCUT2D eigenvalue weighted by molar-refractivity contribution is 0.450. The maximum Gasteiger partial charge on any atom is 0.328 e. The SMILES string of the molecule is O=c1[nH]c(O)c(-c2ccccc2F)c(=O)[nH]1. The van der Waals surface area contributed by atoms with Gasteiger partial charge in [-0.15, -0.1) is 0 Å². The number of H-pyrrole nitrogens is 2. The molecule has 0 aliphatic rings. The van der Waals surface area contributed by atoms with E-state index in [1.54, 1.807) is 0 Å². The average molecular weight is 222 g/mol. The Bertz CT molecular complexity index is 645. The molecule has 0 atom stereocenters. The van der Waals surface area contributed by atoms with Gasteiger partial charge in [-0.05, 0) is 6.07 Å². The van der Waals surface area contributed by atoms with Crippen molar-refractivity contribution in [1.29, 1.82) is 0 Å². The van der Waals surface area contributed by atoms with E-state index in [4.69, 9.17) is 0 Å². The molecule has 1 aromatic heterocycles. The van der Waals surface area contributed by atoms with Crippen LogP contribution >= 0.6 is 0 Å². The first-order valence-corrected chi connectivity index (χ1v) is 4.40. The predicted octanol–water partition coefficient (Wildman–Crippen LogP) is 0.575. The number of halogens is 1. The van der Waals surface area contributed by atoms with Gasteiger partial charge in [-0.3, -0.25) is 14.8 Å². The molecule has 1 aromatic carbocycles. The Kier molecular flexibility index (Phi) is 2.32. The van der Waals surface area contributed by atoms with Crippen LogP contribution in [0.25, 0.3) is 11.1 Å². The van der Waals surface area contributed by atoms with Gasteiger partial charge in [0, 0.05) is 5.56 Å². The van der Waals surface area contributed by atoms with Gasteiger partial charge >= 0.3 is 5.69 Å². The third kappa shape index (κ3) is 1.60. The van der Waals surface area contributed by atoms with E-state index in [0.29, 0.717) is 0 Å². The summed E-state index contributed by atoms with van der Waals surface area (Å²) in [5.41, 5.74) is -2.05. The zero-order valence-electron chi connectivity index (χ0n) is 7.95. The lowest BCUT2D eigenvalue weighted by atomic mass is 10.1. The Morgan fingerprint density at radius 1 is 1.12 bits per heavy atom. The molecule has 0 fully saturated rings. The van der Waals surface area contributed by atoms with Crippen LogP contribution in [0.4, 0.5) is 4.39 Å². The van der Waals surface area contributed by atoms with Crippen LogP contribution in [0.15, 0.2) is 33.9 Å². The molecule has 0 unspecified atom stereocenters. The lowest BCUT2D eigenvalue weighted by Gasteiger charge is -2.03. The number of nitrogens with one attached hydrogen (secondary N) is 2. The van der Waals surface area contributed by atoms with Crippen LogP contribution in [-0.2, 0) is 0 Å². The predicted molar refractivity (Wildman–Crippen MR) is 54.7 cm³/mol. The molecule has 0 aliphatic carbocycles. The second-order valence-electron chi connectivity index (χ2n) is 3.11. The monoisotopic (exact) mass is 222 g/mol. The van der Waals surface area contributed by atoms with Gasteiger partial charge in [-0.25, -0.2) is 9.18 Å². The van der Waals surface area contributed by atoms with Gasteiger partial charge in [0.05, 0.1) is 0 Å². The van der Waals surface area contributed by atoms with E-state index in [0.717, 1.165) is 6.07 Å². The number of aromatic amines is 2. The van der Waals surface area contributed by atoms with Crippen LogP contribution in [0.5, 0.6) is 5.88 Å². The normalized spacial score (nSPS) is 10.3. The molecule has 0 amide bonds. The molecule has 0 aliphatic heterocycles. The number of aromatic hydroxyl groups is 1. The molecule has 2 rings (SSSR count). The summed E-state index contributed by atoms with van der Waals surface area (Å²) in [5, 5.41) is 9.41. The summed E-state index contributed by atoms with van der Waals surface area (Å²) >= 11 is 0. The van der Waals surface area contributed by atoms with E-state index in [2.05, 4.69) is 0 Å². The molecule has 0 radical (unpaired) electrons. The minimum absolute atomic E-state index is 0.0718. The van der Waals surface area contributed by atoms with Crippen LogP contribution in [0.1, 0.15) is 0 Å². The quantitative estimate of drug-likeness (QED) is 0.659. The first-order valence-electron chi connectivity index (χ1n) is 4.40. The van der Waals surface area contributed by atoms with Gasteiger partial charge in [0.15, 0.2) is 0 Å². The molecule has 5 nitrogen and oxygen atoms in total. The Balaban J connectivity index is 2.80. The van der Waals surface area contributed by atoms with E-state index in [1.807, 2.05) is 9.97 Å². The molecule has 16 heavy (non-hydrogen) atoms. The third-order valence-corrected chi connectivity index (χ3v) is 2.07. The van der Waals surface area contributed by atoms with Crippen molar-refractivity contribution in [1.82, 2.24) is 9.97 Å². The standard InChI is InChI=1S/C10H7FN2O3/c11-6-4-2-1-3-5(6)7-8(14)12-10(16)13-9(7)15/h1-4H,(H3,12,13,14,15,16). The summed E-state index contributed by atoms with van der Waals surface area (Å²) < 4.78 is 13.4. The van der Waals surface area contributed by atoms with E-state index in [1.165, 1.54) is 18.2 Å². The Morgan fingerprint density at radius 3 is 2.44 bits per heavy atom. The molecule has 0 spiro atoms. The van der Waals surface area contributed by atoms with E-state index >= 15 is 0 Å². The van der Waals surface area contributed by atoms with Gasteiger partial charge in [0.2, 0.25) is 5.88 Å². The first-order chi connectivity index (χ1) is 7.59. The Hall–Kier alpha value is -2.37. The minimum atomic E-state index is -0.845. The smallest absolute Gasteiger partial charge is 0.328 e. The van der Waals surface area contributed by atoms with E-state index in [9.17, 15) is 19.1 Å². The highest BCUT2D eigenvalue weighted by Crippen LogP contribution is 2.24. The summed E-state index contributed by atoms with van der Waals surface area (Å²) in [4.78, 5) is 26.1. The molecule has 82 valence electrons. The topological polar surface area (TPSA) is 85.9 Å². The van der Waals surface area contributed by atoms with Crippen LogP contribution in [0.2, 0.25) is 0 Å².